The lowest BCUT2D eigenvalue weighted by Crippen LogP contribution is -2.35. The molecule has 2 amide bonds. The largest absolute Gasteiger partial charge is 0.497 e. The van der Waals surface area contributed by atoms with E-state index in [0.29, 0.717) is 54.6 Å². The first-order chi connectivity index (χ1) is 15.0. The van der Waals surface area contributed by atoms with Gasteiger partial charge in [-0.25, -0.2) is 4.79 Å². The number of anilines is 1. The quantitative estimate of drug-likeness (QED) is 0.700. The lowest BCUT2D eigenvalue weighted by Gasteiger charge is -2.25. The van der Waals surface area contributed by atoms with E-state index in [0.717, 1.165) is 16.0 Å². The SMILES string of the molecule is CCOC(=O)N1CCc2c(sc(NC(=O)CCc3cc(OC)ccc3OC)c2C#N)C1. The lowest BCUT2D eigenvalue weighted by molar-refractivity contribution is -0.116. The standard InChI is InChI=1S/C22H25N3O5S/c1-4-30-22(27)25-10-9-16-17(12-23)21(31-19(16)13-25)24-20(26)8-5-14-11-15(28-2)6-7-18(14)29-3/h6-7,11H,4-5,8-10,13H2,1-3H3,(H,24,26). The summed E-state index contributed by atoms with van der Waals surface area (Å²) < 4.78 is 15.7. The Morgan fingerprint density at radius 3 is 2.77 bits per heavy atom. The Labute approximate surface area is 185 Å². The fourth-order valence-corrected chi connectivity index (χ4v) is 4.72. The van der Waals surface area contributed by atoms with Crippen LogP contribution in [0.25, 0.3) is 0 Å². The van der Waals surface area contributed by atoms with E-state index in [1.54, 1.807) is 32.1 Å². The molecule has 164 valence electrons. The number of nitriles is 1. The van der Waals surface area contributed by atoms with Crippen molar-refractivity contribution in [2.45, 2.75) is 32.7 Å². The molecule has 0 atom stereocenters. The van der Waals surface area contributed by atoms with Gasteiger partial charge in [-0.3, -0.25) is 4.79 Å². The average Bonchev–Trinajstić information content (AvgIpc) is 3.13. The maximum atomic E-state index is 12.6. The van der Waals surface area contributed by atoms with Crippen LogP contribution in [0.4, 0.5) is 9.80 Å². The van der Waals surface area contributed by atoms with Gasteiger partial charge in [-0.05, 0) is 49.1 Å². The van der Waals surface area contributed by atoms with Gasteiger partial charge in [0.2, 0.25) is 5.91 Å². The number of carbonyl (C=O) groups excluding carboxylic acids is 2. The number of aryl methyl sites for hydroxylation is 1. The summed E-state index contributed by atoms with van der Waals surface area (Å²) in [5.74, 6) is 1.19. The number of thiophene rings is 1. The van der Waals surface area contributed by atoms with E-state index in [9.17, 15) is 14.9 Å². The number of amides is 2. The minimum absolute atomic E-state index is 0.192. The van der Waals surface area contributed by atoms with Crippen molar-refractivity contribution in [3.63, 3.8) is 0 Å². The molecule has 1 aliphatic heterocycles. The highest BCUT2D eigenvalue weighted by molar-refractivity contribution is 7.16. The molecule has 0 fully saturated rings. The van der Waals surface area contributed by atoms with Crippen LogP contribution in [0, 0.1) is 11.3 Å². The van der Waals surface area contributed by atoms with E-state index >= 15 is 0 Å². The van der Waals surface area contributed by atoms with Crippen molar-refractivity contribution >= 4 is 28.3 Å². The third-order valence-electron chi connectivity index (χ3n) is 5.06. The first kappa shape index (κ1) is 22.4. The molecule has 9 heteroatoms. The number of hydrogen-bond acceptors (Lipinski definition) is 7. The summed E-state index contributed by atoms with van der Waals surface area (Å²) in [4.78, 5) is 27.1. The van der Waals surface area contributed by atoms with Gasteiger partial charge in [0.1, 0.15) is 22.6 Å². The molecule has 0 unspecified atom stereocenters. The first-order valence-electron chi connectivity index (χ1n) is 9.97. The van der Waals surface area contributed by atoms with Crippen LogP contribution in [-0.2, 0) is 28.9 Å². The van der Waals surface area contributed by atoms with Crippen LogP contribution < -0.4 is 14.8 Å². The fraction of sp³-hybridized carbons (Fsp3) is 0.409. The Morgan fingerprint density at radius 2 is 2.10 bits per heavy atom. The van der Waals surface area contributed by atoms with Gasteiger partial charge in [0.05, 0.1) is 32.9 Å². The van der Waals surface area contributed by atoms with Gasteiger partial charge in [-0.1, -0.05) is 0 Å². The van der Waals surface area contributed by atoms with Crippen LogP contribution in [0.5, 0.6) is 11.5 Å². The molecule has 8 nitrogen and oxygen atoms in total. The van der Waals surface area contributed by atoms with Crippen molar-refractivity contribution in [1.29, 1.82) is 5.26 Å². The van der Waals surface area contributed by atoms with Gasteiger partial charge in [0.15, 0.2) is 0 Å². The molecule has 0 bridgehead atoms. The zero-order chi connectivity index (χ0) is 22.4. The van der Waals surface area contributed by atoms with Gasteiger partial charge in [-0.2, -0.15) is 5.26 Å². The zero-order valence-corrected chi connectivity index (χ0v) is 18.6. The molecular weight excluding hydrogens is 418 g/mol. The number of carbonyl (C=O) groups is 2. The van der Waals surface area contributed by atoms with E-state index in [-0.39, 0.29) is 18.4 Å². The molecule has 0 saturated carbocycles. The normalized spacial score (nSPS) is 12.5. The molecular formula is C22H25N3O5S. The van der Waals surface area contributed by atoms with Crippen LogP contribution in [0.15, 0.2) is 18.2 Å². The second-order valence-corrected chi connectivity index (χ2v) is 8.02. The fourth-order valence-electron chi connectivity index (χ4n) is 3.50. The zero-order valence-electron chi connectivity index (χ0n) is 17.8. The van der Waals surface area contributed by atoms with Crippen LogP contribution in [0.2, 0.25) is 0 Å². The number of rotatable bonds is 7. The van der Waals surface area contributed by atoms with Gasteiger partial charge >= 0.3 is 6.09 Å². The van der Waals surface area contributed by atoms with Gasteiger partial charge in [0, 0.05) is 17.8 Å². The van der Waals surface area contributed by atoms with Crippen molar-refractivity contribution in [2.24, 2.45) is 0 Å². The molecule has 2 aromatic rings. The molecule has 0 spiro atoms. The molecule has 1 aliphatic rings. The molecule has 31 heavy (non-hydrogen) atoms. The van der Waals surface area contributed by atoms with E-state index < -0.39 is 0 Å². The summed E-state index contributed by atoms with van der Waals surface area (Å²) in [5.41, 5.74) is 2.25. The first-order valence-corrected chi connectivity index (χ1v) is 10.8. The summed E-state index contributed by atoms with van der Waals surface area (Å²) in [5, 5.41) is 13.0. The maximum absolute atomic E-state index is 12.6. The van der Waals surface area contributed by atoms with E-state index in [2.05, 4.69) is 11.4 Å². The molecule has 0 aliphatic carbocycles. The smallest absolute Gasteiger partial charge is 0.410 e. The highest BCUT2D eigenvalue weighted by Gasteiger charge is 2.28. The lowest BCUT2D eigenvalue weighted by atomic mass is 10.0. The summed E-state index contributed by atoms with van der Waals surface area (Å²) in [6.45, 7) is 2.95. The van der Waals surface area contributed by atoms with E-state index in [1.807, 2.05) is 12.1 Å². The second kappa shape index (κ2) is 10.2. The summed E-state index contributed by atoms with van der Waals surface area (Å²) in [6, 6.07) is 7.67. The summed E-state index contributed by atoms with van der Waals surface area (Å²) in [6.07, 6.45) is 0.893. The van der Waals surface area contributed by atoms with Crippen molar-refractivity contribution in [3.05, 3.63) is 39.8 Å². The van der Waals surface area contributed by atoms with E-state index in [1.165, 1.54) is 11.3 Å². The molecule has 1 N–H and O–H groups in total. The highest BCUT2D eigenvalue weighted by Crippen LogP contribution is 2.37. The number of ether oxygens (including phenoxy) is 3. The predicted octanol–water partition coefficient (Wildman–Crippen LogP) is 3.72. The van der Waals surface area contributed by atoms with Crippen LogP contribution >= 0.6 is 11.3 Å². The Kier molecular flexibility index (Phi) is 7.36. The van der Waals surface area contributed by atoms with Crippen molar-refractivity contribution in [3.8, 4) is 17.6 Å². The molecule has 1 aromatic carbocycles. The van der Waals surface area contributed by atoms with Crippen molar-refractivity contribution in [1.82, 2.24) is 4.90 Å². The highest BCUT2D eigenvalue weighted by atomic mass is 32.1. The van der Waals surface area contributed by atoms with Crippen LogP contribution in [0.1, 0.15) is 34.9 Å². The second-order valence-electron chi connectivity index (χ2n) is 6.92. The van der Waals surface area contributed by atoms with Crippen LogP contribution in [0.3, 0.4) is 0 Å². The van der Waals surface area contributed by atoms with Crippen molar-refractivity contribution in [2.75, 3.05) is 32.7 Å². The number of methoxy groups -OCH3 is 2. The average molecular weight is 444 g/mol. The van der Waals surface area contributed by atoms with E-state index in [4.69, 9.17) is 14.2 Å². The molecule has 0 radical (unpaired) electrons. The topological polar surface area (TPSA) is 101 Å². The monoisotopic (exact) mass is 443 g/mol. The number of nitrogens with zero attached hydrogens (tertiary/aromatic N) is 2. The third-order valence-corrected chi connectivity index (χ3v) is 6.19. The van der Waals surface area contributed by atoms with Gasteiger partial charge < -0.3 is 24.4 Å². The Balaban J connectivity index is 1.69. The maximum Gasteiger partial charge on any atom is 0.410 e. The Bertz CT molecular complexity index is 1010. The molecule has 1 aromatic heterocycles. The predicted molar refractivity (Wildman–Crippen MR) is 117 cm³/mol. The molecule has 2 heterocycles. The number of hydrogen-bond donors (Lipinski definition) is 1. The van der Waals surface area contributed by atoms with Crippen molar-refractivity contribution < 1.29 is 23.8 Å². The number of fused-ring (bicyclic) bond motifs is 1. The minimum Gasteiger partial charge on any atom is -0.497 e. The summed E-state index contributed by atoms with van der Waals surface area (Å²) >= 11 is 1.34. The Hall–Kier alpha value is -3.25. The van der Waals surface area contributed by atoms with Gasteiger partial charge in [-0.15, -0.1) is 11.3 Å². The Morgan fingerprint density at radius 1 is 1.29 bits per heavy atom. The van der Waals surface area contributed by atoms with Gasteiger partial charge in [0.25, 0.3) is 0 Å². The minimum atomic E-state index is -0.363. The third kappa shape index (κ3) is 5.09. The molecule has 3 rings (SSSR count). The van der Waals surface area contributed by atoms with Crippen LogP contribution in [-0.4, -0.2) is 44.3 Å². The number of benzene rings is 1. The number of nitrogens with one attached hydrogen (secondary N) is 1. The summed E-state index contributed by atoms with van der Waals surface area (Å²) in [7, 11) is 3.17. The molecule has 0 saturated heterocycles.